The lowest BCUT2D eigenvalue weighted by Crippen LogP contribution is -2.38. The van der Waals surface area contributed by atoms with Gasteiger partial charge in [0, 0.05) is 34.6 Å². The zero-order valence-electron chi connectivity index (χ0n) is 21.5. The monoisotopic (exact) mass is 499 g/mol. The number of dihydropyridines is 1. The molecule has 1 unspecified atom stereocenters. The molecule has 0 saturated carbocycles. The molecule has 4 heteroatoms. The van der Waals surface area contributed by atoms with Crippen LogP contribution in [0, 0.1) is 5.41 Å². The van der Waals surface area contributed by atoms with Gasteiger partial charge in [-0.05, 0) is 34.4 Å². The molecule has 4 aromatic carbocycles. The Kier molecular flexibility index (Phi) is 5.76. The minimum atomic E-state index is -0.551. The Labute approximate surface area is 222 Å². The number of benzene rings is 4. The first-order valence-electron chi connectivity index (χ1n) is 13.0. The second kappa shape index (κ2) is 9.14. The highest BCUT2D eigenvalue weighted by Gasteiger charge is 2.44. The first-order chi connectivity index (χ1) is 18.3. The third-order valence-corrected chi connectivity index (χ3v) is 7.63. The summed E-state index contributed by atoms with van der Waals surface area (Å²) in [6, 6.07) is 30.5. The number of nitrogens with one attached hydrogen (secondary N) is 1. The summed E-state index contributed by atoms with van der Waals surface area (Å²) < 4.78 is 0. The van der Waals surface area contributed by atoms with Crippen molar-refractivity contribution in [3.05, 3.63) is 131 Å². The van der Waals surface area contributed by atoms with Gasteiger partial charge in [0.2, 0.25) is 0 Å². The molecule has 4 nitrogen and oxygen atoms in total. The summed E-state index contributed by atoms with van der Waals surface area (Å²) in [5.74, 6) is -0.837. The normalized spacial score (nSPS) is 18.8. The molecule has 4 aromatic rings. The Morgan fingerprint density at radius 2 is 1.50 bits per heavy atom. The number of hydrogen-bond donors (Lipinski definition) is 2. The van der Waals surface area contributed by atoms with E-state index >= 15 is 0 Å². The molecule has 188 valence electrons. The summed E-state index contributed by atoms with van der Waals surface area (Å²) in [4.78, 5) is 28.3. The number of fused-ring (bicyclic) bond motifs is 1. The average molecular weight is 500 g/mol. The van der Waals surface area contributed by atoms with Crippen LogP contribution in [0.15, 0.2) is 114 Å². The molecule has 1 heterocycles. The van der Waals surface area contributed by atoms with Crippen LogP contribution < -0.4 is 5.32 Å². The van der Waals surface area contributed by atoms with Crippen LogP contribution in [-0.2, 0) is 4.79 Å². The predicted molar refractivity (Wildman–Crippen MR) is 151 cm³/mol. The van der Waals surface area contributed by atoms with Gasteiger partial charge >= 0.3 is 0 Å². The molecular formula is C34H29NO3. The summed E-state index contributed by atoms with van der Waals surface area (Å²) in [5.41, 5.74) is 4.45. The van der Waals surface area contributed by atoms with E-state index in [1.807, 2.05) is 91.0 Å². The van der Waals surface area contributed by atoms with E-state index in [1.54, 1.807) is 6.07 Å². The second-order valence-electron chi connectivity index (χ2n) is 11.0. The van der Waals surface area contributed by atoms with Gasteiger partial charge in [-0.2, -0.15) is 0 Å². The number of aromatic hydroxyl groups is 1. The molecule has 2 aliphatic rings. The van der Waals surface area contributed by atoms with Gasteiger partial charge in [-0.3, -0.25) is 9.59 Å². The smallest absolute Gasteiger partial charge is 0.195 e. The van der Waals surface area contributed by atoms with E-state index in [1.165, 1.54) is 0 Å². The summed E-state index contributed by atoms with van der Waals surface area (Å²) in [6.45, 7) is 4.21. The van der Waals surface area contributed by atoms with Crippen molar-refractivity contribution in [2.75, 3.05) is 0 Å². The highest BCUT2D eigenvalue weighted by Crippen LogP contribution is 2.49. The molecule has 0 aromatic heterocycles. The number of rotatable bonds is 4. The standard InChI is InChI=1S/C34H29NO3/c1-34(2)19-26-29(27(36)20-34)28(22-12-5-3-6-13-22)30(31(35-26)23-14-7-4-8-15-23)33(38)25-18-17-21-11-9-10-16-24(21)32(25)37/h3-18,28,35,37H,19-20H2,1-2H3. The molecule has 0 amide bonds. The van der Waals surface area contributed by atoms with Gasteiger partial charge in [-0.1, -0.05) is 105 Å². The van der Waals surface area contributed by atoms with Crippen molar-refractivity contribution < 1.29 is 14.7 Å². The Balaban J connectivity index is 1.63. The number of allylic oxidation sites excluding steroid dienone is 3. The Hall–Kier alpha value is -4.44. The molecule has 2 N–H and O–H groups in total. The number of hydrogen-bond acceptors (Lipinski definition) is 4. The highest BCUT2D eigenvalue weighted by molar-refractivity contribution is 6.19. The van der Waals surface area contributed by atoms with Crippen LogP contribution >= 0.6 is 0 Å². The Bertz CT molecular complexity index is 1650. The molecule has 1 atom stereocenters. The zero-order valence-corrected chi connectivity index (χ0v) is 21.5. The minimum absolute atomic E-state index is 0.0456. The first-order valence-corrected chi connectivity index (χ1v) is 13.0. The van der Waals surface area contributed by atoms with Crippen LogP contribution in [0.25, 0.3) is 16.5 Å². The predicted octanol–water partition coefficient (Wildman–Crippen LogP) is 7.17. The zero-order chi connectivity index (χ0) is 26.4. The van der Waals surface area contributed by atoms with Gasteiger partial charge in [0.05, 0.1) is 11.3 Å². The van der Waals surface area contributed by atoms with E-state index in [0.29, 0.717) is 35.1 Å². The summed E-state index contributed by atoms with van der Waals surface area (Å²) in [6.07, 6.45) is 1.12. The average Bonchev–Trinajstić information content (AvgIpc) is 2.92. The van der Waals surface area contributed by atoms with Crippen molar-refractivity contribution in [1.29, 1.82) is 0 Å². The fourth-order valence-electron chi connectivity index (χ4n) is 5.93. The van der Waals surface area contributed by atoms with E-state index in [2.05, 4.69) is 19.2 Å². The number of phenolic OH excluding ortho intramolecular Hbond substituents is 1. The van der Waals surface area contributed by atoms with Gasteiger partial charge < -0.3 is 10.4 Å². The lowest BCUT2D eigenvalue weighted by molar-refractivity contribution is -0.118. The van der Waals surface area contributed by atoms with E-state index < -0.39 is 5.92 Å². The lowest BCUT2D eigenvalue weighted by atomic mass is 9.67. The second-order valence-corrected chi connectivity index (χ2v) is 11.0. The molecule has 1 aliphatic carbocycles. The van der Waals surface area contributed by atoms with E-state index in [0.717, 1.165) is 22.2 Å². The largest absolute Gasteiger partial charge is 0.507 e. The van der Waals surface area contributed by atoms with Crippen molar-refractivity contribution >= 4 is 28.0 Å². The molecule has 0 bridgehead atoms. The molecule has 0 radical (unpaired) electrons. The van der Waals surface area contributed by atoms with Crippen molar-refractivity contribution in [1.82, 2.24) is 5.32 Å². The van der Waals surface area contributed by atoms with Crippen molar-refractivity contribution in [3.8, 4) is 5.75 Å². The number of Topliss-reactive ketones (excluding diaryl/α,β-unsaturated/α-hetero) is 2. The molecular weight excluding hydrogens is 470 g/mol. The Morgan fingerprint density at radius 3 is 2.24 bits per heavy atom. The van der Waals surface area contributed by atoms with Gasteiger partial charge in [0.25, 0.3) is 0 Å². The number of phenols is 1. The number of ketones is 2. The van der Waals surface area contributed by atoms with Gasteiger partial charge in [0.15, 0.2) is 11.6 Å². The van der Waals surface area contributed by atoms with Crippen molar-refractivity contribution in [2.24, 2.45) is 5.41 Å². The molecule has 0 fully saturated rings. The van der Waals surface area contributed by atoms with Crippen molar-refractivity contribution in [3.63, 3.8) is 0 Å². The van der Waals surface area contributed by atoms with Crippen molar-refractivity contribution in [2.45, 2.75) is 32.6 Å². The van der Waals surface area contributed by atoms with Crippen LogP contribution in [0.3, 0.4) is 0 Å². The van der Waals surface area contributed by atoms with Gasteiger partial charge in [-0.15, -0.1) is 0 Å². The van der Waals surface area contributed by atoms with E-state index in [-0.39, 0.29) is 28.3 Å². The fourth-order valence-corrected chi connectivity index (χ4v) is 5.93. The Morgan fingerprint density at radius 1 is 0.842 bits per heavy atom. The summed E-state index contributed by atoms with van der Waals surface area (Å²) in [5, 5.41) is 16.3. The topological polar surface area (TPSA) is 66.4 Å². The van der Waals surface area contributed by atoms with Crippen LogP contribution in [0.2, 0.25) is 0 Å². The molecule has 0 spiro atoms. The quantitative estimate of drug-likeness (QED) is 0.292. The SMILES string of the molecule is CC1(C)CC(=O)C2=C(C1)NC(c1ccccc1)=C(C(=O)c1ccc3ccccc3c1O)C2c1ccccc1. The van der Waals surface area contributed by atoms with E-state index in [9.17, 15) is 14.7 Å². The van der Waals surface area contributed by atoms with Crippen LogP contribution in [0.5, 0.6) is 5.75 Å². The maximum Gasteiger partial charge on any atom is 0.195 e. The lowest BCUT2D eigenvalue weighted by Gasteiger charge is -2.40. The fraction of sp³-hybridized carbons (Fsp3) is 0.176. The third-order valence-electron chi connectivity index (χ3n) is 7.63. The summed E-state index contributed by atoms with van der Waals surface area (Å²) in [7, 11) is 0. The molecule has 1 aliphatic heterocycles. The number of carbonyl (C=O) groups is 2. The van der Waals surface area contributed by atoms with Crippen LogP contribution in [0.4, 0.5) is 0 Å². The molecule has 38 heavy (non-hydrogen) atoms. The van der Waals surface area contributed by atoms with Crippen LogP contribution in [-0.4, -0.2) is 16.7 Å². The third kappa shape index (κ3) is 4.03. The first kappa shape index (κ1) is 23.9. The highest BCUT2D eigenvalue weighted by atomic mass is 16.3. The van der Waals surface area contributed by atoms with Gasteiger partial charge in [-0.25, -0.2) is 0 Å². The maximum atomic E-state index is 14.5. The van der Waals surface area contributed by atoms with Crippen LogP contribution in [0.1, 0.15) is 54.1 Å². The molecule has 6 rings (SSSR count). The number of carbonyl (C=O) groups excluding carboxylic acids is 2. The van der Waals surface area contributed by atoms with Gasteiger partial charge in [0.1, 0.15) is 5.75 Å². The minimum Gasteiger partial charge on any atom is -0.507 e. The summed E-state index contributed by atoms with van der Waals surface area (Å²) >= 11 is 0. The maximum absolute atomic E-state index is 14.5. The molecule has 0 saturated heterocycles. The van der Waals surface area contributed by atoms with E-state index in [4.69, 9.17) is 0 Å².